The van der Waals surface area contributed by atoms with Crippen molar-refractivity contribution in [1.29, 1.82) is 0 Å². The molecule has 0 saturated carbocycles. The van der Waals surface area contributed by atoms with E-state index in [1.807, 2.05) is 72.8 Å². The van der Waals surface area contributed by atoms with Gasteiger partial charge in [0.15, 0.2) is 12.1 Å². The second-order valence-electron chi connectivity index (χ2n) is 9.81. The summed E-state index contributed by atoms with van der Waals surface area (Å²) in [7, 11) is 0. The molecule has 3 saturated heterocycles. The normalized spacial score (nSPS) is 23.2. The highest BCUT2D eigenvalue weighted by Crippen LogP contribution is 2.37. The lowest BCUT2D eigenvalue weighted by Crippen LogP contribution is -3.00. The number of nitrogens with two attached hydrogens (primary N) is 1. The van der Waals surface area contributed by atoms with Crippen LogP contribution in [0.1, 0.15) is 34.8 Å². The number of Topliss-reactive ketones (excluding diaryl/α,β-unsaturated/α-hetero) is 1. The van der Waals surface area contributed by atoms with Crippen molar-refractivity contribution in [3.63, 3.8) is 0 Å². The Morgan fingerprint density at radius 2 is 1.53 bits per heavy atom. The summed E-state index contributed by atoms with van der Waals surface area (Å²) < 4.78 is 6.85. The van der Waals surface area contributed by atoms with Crippen molar-refractivity contribution in [3.05, 3.63) is 96.1 Å². The SMILES string of the molecule is Nc1ccccc1C(=O)C[N+]12CCC(CC1)[C@@H](OC(=O)[C@H](Nc1ccccc1)c1ccccc1)C2.[Br-]. The van der Waals surface area contributed by atoms with Gasteiger partial charge in [-0.2, -0.15) is 0 Å². The average Bonchev–Trinajstić information content (AvgIpc) is 2.89. The number of hydrogen-bond acceptors (Lipinski definition) is 5. The zero-order chi connectivity index (χ0) is 24.3. The van der Waals surface area contributed by atoms with Crippen molar-refractivity contribution >= 4 is 23.1 Å². The van der Waals surface area contributed by atoms with Gasteiger partial charge in [0.25, 0.3) is 0 Å². The van der Waals surface area contributed by atoms with Gasteiger partial charge >= 0.3 is 5.97 Å². The molecule has 3 aliphatic rings. The first-order valence-corrected chi connectivity index (χ1v) is 12.3. The molecule has 6 rings (SSSR count). The molecule has 2 atom stereocenters. The number of halogens is 1. The topological polar surface area (TPSA) is 81.4 Å². The summed E-state index contributed by atoms with van der Waals surface area (Å²) in [4.78, 5) is 26.6. The van der Waals surface area contributed by atoms with Crippen LogP contribution in [-0.4, -0.2) is 48.5 Å². The van der Waals surface area contributed by atoms with Crippen LogP contribution in [-0.2, 0) is 9.53 Å². The van der Waals surface area contributed by atoms with Gasteiger partial charge in [0.05, 0.1) is 13.1 Å². The molecular formula is C29H32BrN3O3. The Labute approximate surface area is 222 Å². The van der Waals surface area contributed by atoms with E-state index in [9.17, 15) is 9.59 Å². The third kappa shape index (κ3) is 5.63. The summed E-state index contributed by atoms with van der Waals surface area (Å²) in [5, 5.41) is 3.35. The molecule has 0 unspecified atom stereocenters. The van der Waals surface area contributed by atoms with Crippen LogP contribution >= 0.6 is 0 Å². The molecule has 0 spiro atoms. The van der Waals surface area contributed by atoms with E-state index in [0.29, 0.717) is 34.7 Å². The monoisotopic (exact) mass is 549 g/mol. The molecule has 6 nitrogen and oxygen atoms in total. The Bertz CT molecular complexity index is 1180. The van der Waals surface area contributed by atoms with E-state index in [0.717, 1.165) is 37.2 Å². The fourth-order valence-corrected chi connectivity index (χ4v) is 5.56. The maximum absolute atomic E-state index is 13.5. The standard InChI is InChI=1S/C29H31N3O3.BrH/c30-25-14-8-7-13-24(25)26(33)19-32-17-15-21(16-18-32)27(20-32)35-29(34)28(22-9-3-1-4-10-22)31-23-11-5-2-6-12-23;/h1-14,21,27-28,31H,15-20H2,(H-,30,33);1H/t21?,27-,28+,32?;/m0./s1. The number of nitrogens with one attached hydrogen (secondary N) is 1. The Morgan fingerprint density at radius 3 is 2.19 bits per heavy atom. The molecule has 0 amide bonds. The first kappa shape index (κ1) is 25.9. The second kappa shape index (κ2) is 11.3. The fourth-order valence-electron chi connectivity index (χ4n) is 5.56. The highest BCUT2D eigenvalue weighted by atomic mass is 79.9. The second-order valence-corrected chi connectivity index (χ2v) is 9.81. The van der Waals surface area contributed by atoms with E-state index >= 15 is 0 Å². The molecule has 3 fully saturated rings. The van der Waals surface area contributed by atoms with Crippen molar-refractivity contribution in [2.24, 2.45) is 5.92 Å². The molecule has 188 valence electrons. The minimum atomic E-state index is -0.603. The van der Waals surface area contributed by atoms with E-state index in [4.69, 9.17) is 10.5 Å². The van der Waals surface area contributed by atoms with Crippen LogP contribution < -0.4 is 28.0 Å². The summed E-state index contributed by atoms with van der Waals surface area (Å²) in [5.41, 5.74) is 8.88. The van der Waals surface area contributed by atoms with Crippen molar-refractivity contribution < 1.29 is 35.8 Å². The van der Waals surface area contributed by atoms with Gasteiger partial charge in [-0.15, -0.1) is 0 Å². The summed E-state index contributed by atoms with van der Waals surface area (Å²) in [6, 6.07) is 26.0. The lowest BCUT2D eigenvalue weighted by Gasteiger charge is -2.51. The number of quaternary nitrogens is 1. The largest absolute Gasteiger partial charge is 1.00 e. The van der Waals surface area contributed by atoms with Crippen LogP contribution in [0.3, 0.4) is 0 Å². The van der Waals surface area contributed by atoms with Crippen LogP contribution in [0.4, 0.5) is 11.4 Å². The lowest BCUT2D eigenvalue weighted by atomic mass is 9.82. The van der Waals surface area contributed by atoms with E-state index in [1.165, 1.54) is 0 Å². The van der Waals surface area contributed by atoms with Gasteiger partial charge in [-0.1, -0.05) is 60.7 Å². The molecule has 2 bridgehead atoms. The number of carbonyl (C=O) groups is 2. The summed E-state index contributed by atoms with van der Waals surface area (Å²) in [6.07, 6.45) is 1.71. The first-order chi connectivity index (χ1) is 17.0. The van der Waals surface area contributed by atoms with E-state index < -0.39 is 6.04 Å². The minimum Gasteiger partial charge on any atom is -1.00 e. The Morgan fingerprint density at radius 1 is 0.917 bits per heavy atom. The lowest BCUT2D eigenvalue weighted by molar-refractivity contribution is -0.938. The number of esters is 1. The molecule has 3 aliphatic heterocycles. The van der Waals surface area contributed by atoms with Crippen LogP contribution in [0.25, 0.3) is 0 Å². The zero-order valence-electron chi connectivity index (χ0n) is 20.2. The Balaban J connectivity index is 0.00000304. The van der Waals surface area contributed by atoms with Crippen molar-refractivity contribution in [1.82, 2.24) is 0 Å². The van der Waals surface area contributed by atoms with Gasteiger partial charge in [-0.05, 0) is 29.8 Å². The third-order valence-corrected chi connectivity index (χ3v) is 7.50. The number of nitrogens with zero attached hydrogens (tertiary/aromatic N) is 1. The highest BCUT2D eigenvalue weighted by Gasteiger charge is 2.49. The van der Waals surface area contributed by atoms with Gasteiger partial charge in [-0.25, -0.2) is 4.79 Å². The number of hydrogen-bond donors (Lipinski definition) is 2. The number of nitrogen functional groups attached to an aromatic ring is 1. The van der Waals surface area contributed by atoms with Crippen molar-refractivity contribution in [3.8, 4) is 0 Å². The molecule has 3 N–H and O–H groups in total. The van der Waals surface area contributed by atoms with Gasteiger partial charge in [0, 0.05) is 35.7 Å². The number of para-hydroxylation sites is 2. The fraction of sp³-hybridized carbons (Fsp3) is 0.310. The maximum Gasteiger partial charge on any atom is 0.333 e. The zero-order valence-corrected chi connectivity index (χ0v) is 21.8. The molecule has 0 aliphatic carbocycles. The van der Waals surface area contributed by atoms with Gasteiger partial charge in [-0.3, -0.25) is 4.79 Å². The smallest absolute Gasteiger partial charge is 0.333 e. The maximum atomic E-state index is 13.5. The molecule has 36 heavy (non-hydrogen) atoms. The molecular weight excluding hydrogens is 518 g/mol. The van der Waals surface area contributed by atoms with Crippen LogP contribution in [0, 0.1) is 5.92 Å². The number of benzene rings is 3. The Hall–Kier alpha value is -3.16. The van der Waals surface area contributed by atoms with Crippen molar-refractivity contribution in [2.45, 2.75) is 25.0 Å². The molecule has 3 aromatic carbocycles. The predicted molar refractivity (Wildman–Crippen MR) is 137 cm³/mol. The summed E-state index contributed by atoms with van der Waals surface area (Å²) >= 11 is 0. The Kier molecular flexibility index (Phi) is 8.11. The number of anilines is 2. The number of carbonyl (C=O) groups excluding carboxylic acids is 2. The number of ether oxygens (including phenoxy) is 1. The third-order valence-electron chi connectivity index (χ3n) is 7.50. The summed E-state index contributed by atoms with van der Waals surface area (Å²) in [6.45, 7) is 2.92. The molecule has 0 aromatic heterocycles. The summed E-state index contributed by atoms with van der Waals surface area (Å²) in [5.74, 6) is 0.112. The first-order valence-electron chi connectivity index (χ1n) is 12.3. The molecule has 7 heteroatoms. The molecule has 0 radical (unpaired) electrons. The van der Waals surface area contributed by atoms with Gasteiger partial charge in [0.2, 0.25) is 5.78 Å². The van der Waals surface area contributed by atoms with Gasteiger partial charge < -0.3 is 37.3 Å². The minimum absolute atomic E-state index is 0. The van der Waals surface area contributed by atoms with Gasteiger partial charge in [0.1, 0.15) is 13.1 Å². The van der Waals surface area contributed by atoms with Crippen molar-refractivity contribution in [2.75, 3.05) is 37.2 Å². The van der Waals surface area contributed by atoms with Crippen LogP contribution in [0.15, 0.2) is 84.9 Å². The number of piperidine rings is 3. The highest BCUT2D eigenvalue weighted by molar-refractivity contribution is 6.01. The average molecular weight is 550 g/mol. The number of fused-ring (bicyclic) bond motifs is 3. The van der Waals surface area contributed by atoms with E-state index in [-0.39, 0.29) is 34.8 Å². The predicted octanol–water partition coefficient (Wildman–Crippen LogP) is 1.46. The molecule has 3 aromatic rings. The quantitative estimate of drug-likeness (QED) is 0.192. The molecule has 3 heterocycles. The van der Waals surface area contributed by atoms with Crippen LogP contribution in [0.2, 0.25) is 0 Å². The van der Waals surface area contributed by atoms with E-state index in [1.54, 1.807) is 12.1 Å². The number of ketones is 1. The number of rotatable bonds is 8. The van der Waals surface area contributed by atoms with Crippen LogP contribution in [0.5, 0.6) is 0 Å². The van der Waals surface area contributed by atoms with E-state index in [2.05, 4.69) is 5.32 Å².